The van der Waals surface area contributed by atoms with Gasteiger partial charge < -0.3 is 14.2 Å². The monoisotopic (exact) mass is 528 g/mol. The predicted octanol–water partition coefficient (Wildman–Crippen LogP) is 2.83. The summed E-state index contributed by atoms with van der Waals surface area (Å²) in [5.74, 6) is 0.709. The Labute approximate surface area is 213 Å². The fourth-order valence-electron chi connectivity index (χ4n) is 3.72. The van der Waals surface area contributed by atoms with Crippen molar-refractivity contribution in [2.24, 2.45) is 0 Å². The van der Waals surface area contributed by atoms with Crippen LogP contribution in [0.25, 0.3) is 17.2 Å². The molecule has 0 N–H and O–H groups in total. The van der Waals surface area contributed by atoms with Gasteiger partial charge in [-0.15, -0.1) is 10.2 Å². The maximum atomic E-state index is 13.4. The van der Waals surface area contributed by atoms with Gasteiger partial charge in [-0.25, -0.2) is 27.8 Å². The summed E-state index contributed by atoms with van der Waals surface area (Å²) < 4.78 is 58.2. The fraction of sp³-hybridized carbons (Fsp3) is 0.292. The van der Waals surface area contributed by atoms with Crippen molar-refractivity contribution in [2.45, 2.75) is 24.3 Å². The minimum absolute atomic E-state index is 0.00431. The van der Waals surface area contributed by atoms with Crippen molar-refractivity contribution < 1.29 is 27.0 Å². The van der Waals surface area contributed by atoms with Crippen molar-refractivity contribution in [3.8, 4) is 34.5 Å². The van der Waals surface area contributed by atoms with Gasteiger partial charge in [-0.1, -0.05) is 6.07 Å². The van der Waals surface area contributed by atoms with E-state index in [-0.39, 0.29) is 23.9 Å². The lowest BCUT2D eigenvalue weighted by Gasteiger charge is -2.18. The fourth-order valence-corrected chi connectivity index (χ4v) is 4.96. The number of ether oxygens (including phenoxy) is 3. The van der Waals surface area contributed by atoms with E-state index in [1.165, 1.54) is 28.3 Å². The van der Waals surface area contributed by atoms with E-state index in [4.69, 9.17) is 14.2 Å². The molecule has 0 amide bonds. The molecular formula is C24H25FN6O5S. The van der Waals surface area contributed by atoms with E-state index in [1.807, 2.05) is 0 Å². The SMILES string of the molecule is COc1cccnc1-c1nnc(CS(=O)(=O)[C@@H](C)Cc2ncc(F)cn2)n1-c1c(OC)cccc1OC. The Hall–Kier alpha value is -4.13. The normalized spacial score (nSPS) is 12.2. The summed E-state index contributed by atoms with van der Waals surface area (Å²) >= 11 is 0. The van der Waals surface area contributed by atoms with E-state index >= 15 is 0 Å². The van der Waals surface area contributed by atoms with Crippen LogP contribution in [-0.4, -0.2) is 64.7 Å². The number of pyridine rings is 1. The van der Waals surface area contributed by atoms with Crippen molar-refractivity contribution in [3.63, 3.8) is 0 Å². The molecule has 0 bridgehead atoms. The molecule has 1 aromatic carbocycles. The minimum atomic E-state index is -3.81. The summed E-state index contributed by atoms with van der Waals surface area (Å²) in [4.78, 5) is 12.1. The van der Waals surface area contributed by atoms with Crippen LogP contribution in [0.3, 0.4) is 0 Å². The van der Waals surface area contributed by atoms with E-state index in [1.54, 1.807) is 41.1 Å². The van der Waals surface area contributed by atoms with Crippen LogP contribution in [0.15, 0.2) is 48.9 Å². The first-order valence-electron chi connectivity index (χ1n) is 11.1. The first-order chi connectivity index (χ1) is 17.8. The number of rotatable bonds is 10. The topological polar surface area (TPSA) is 131 Å². The number of aromatic nitrogens is 6. The van der Waals surface area contributed by atoms with Crippen LogP contribution < -0.4 is 14.2 Å². The molecule has 11 nitrogen and oxygen atoms in total. The Balaban J connectivity index is 1.84. The highest BCUT2D eigenvalue weighted by atomic mass is 32.2. The molecule has 0 fully saturated rings. The lowest BCUT2D eigenvalue weighted by atomic mass is 10.2. The molecule has 0 saturated heterocycles. The second kappa shape index (κ2) is 10.9. The smallest absolute Gasteiger partial charge is 0.191 e. The highest BCUT2D eigenvalue weighted by molar-refractivity contribution is 7.91. The van der Waals surface area contributed by atoms with E-state index in [2.05, 4.69) is 25.1 Å². The first kappa shape index (κ1) is 25.9. The average Bonchev–Trinajstić information content (AvgIpc) is 3.31. The predicted molar refractivity (Wildman–Crippen MR) is 132 cm³/mol. The third kappa shape index (κ3) is 5.35. The highest BCUT2D eigenvalue weighted by Gasteiger charge is 2.30. The zero-order valence-electron chi connectivity index (χ0n) is 20.6. The quantitative estimate of drug-likeness (QED) is 0.303. The first-order valence-corrected chi connectivity index (χ1v) is 12.8. The van der Waals surface area contributed by atoms with Crippen molar-refractivity contribution in [1.82, 2.24) is 29.7 Å². The second-order valence-corrected chi connectivity index (χ2v) is 10.4. The number of methoxy groups -OCH3 is 3. The molecule has 0 unspecified atom stereocenters. The summed E-state index contributed by atoms with van der Waals surface area (Å²) in [6, 6.07) is 8.58. The van der Waals surface area contributed by atoms with Crippen LogP contribution in [0, 0.1) is 5.82 Å². The van der Waals surface area contributed by atoms with E-state index in [9.17, 15) is 12.8 Å². The van der Waals surface area contributed by atoms with Gasteiger partial charge in [0, 0.05) is 12.6 Å². The largest absolute Gasteiger partial charge is 0.494 e. The van der Waals surface area contributed by atoms with Crippen LogP contribution >= 0.6 is 0 Å². The van der Waals surface area contributed by atoms with Gasteiger partial charge in [-0.2, -0.15) is 0 Å². The van der Waals surface area contributed by atoms with Gasteiger partial charge in [0.05, 0.1) is 39.0 Å². The number of hydrogen-bond acceptors (Lipinski definition) is 10. The summed E-state index contributed by atoms with van der Waals surface area (Å²) in [5.41, 5.74) is 0.752. The number of benzene rings is 1. The van der Waals surface area contributed by atoms with Crippen LogP contribution in [0.2, 0.25) is 0 Å². The molecule has 1 atom stereocenters. The Morgan fingerprint density at radius 1 is 0.919 bits per heavy atom. The number of sulfone groups is 1. The minimum Gasteiger partial charge on any atom is -0.494 e. The zero-order chi connectivity index (χ0) is 26.6. The number of para-hydroxylation sites is 1. The Morgan fingerprint density at radius 2 is 1.54 bits per heavy atom. The molecule has 3 aromatic heterocycles. The summed E-state index contributed by atoms with van der Waals surface area (Å²) in [5, 5.41) is 7.62. The van der Waals surface area contributed by atoms with Crippen LogP contribution in [0.5, 0.6) is 17.2 Å². The van der Waals surface area contributed by atoms with Gasteiger partial charge in [0.2, 0.25) is 0 Å². The Bertz CT molecular complexity index is 1470. The van der Waals surface area contributed by atoms with Gasteiger partial charge in [0.1, 0.15) is 40.2 Å². The molecule has 13 heteroatoms. The standard InChI is InChI=1S/C24H25FN6O5S/c1-15(11-20-27-12-16(25)13-28-20)37(32,33)14-21-29-30-24(22-17(34-2)9-6-10-26-22)31(21)23-18(35-3)7-5-8-19(23)36-4/h5-10,12-13,15H,11,14H2,1-4H3/t15-/m0/s1. The second-order valence-electron chi connectivity index (χ2n) is 7.98. The molecule has 0 aliphatic rings. The lowest BCUT2D eigenvalue weighted by molar-refractivity contribution is 0.390. The molecule has 194 valence electrons. The van der Waals surface area contributed by atoms with Crippen LogP contribution in [0.4, 0.5) is 4.39 Å². The zero-order valence-corrected chi connectivity index (χ0v) is 21.4. The number of halogens is 1. The summed E-state index contributed by atoms with van der Waals surface area (Å²) in [7, 11) is 0.671. The van der Waals surface area contributed by atoms with Crippen molar-refractivity contribution in [3.05, 3.63) is 66.4 Å². The molecule has 0 radical (unpaired) electrons. The summed E-state index contributed by atoms with van der Waals surface area (Å²) in [6.07, 6.45) is 3.56. The van der Waals surface area contributed by atoms with Crippen molar-refractivity contribution >= 4 is 9.84 Å². The Morgan fingerprint density at radius 3 is 2.16 bits per heavy atom. The Kier molecular flexibility index (Phi) is 7.62. The molecule has 4 rings (SSSR count). The third-order valence-electron chi connectivity index (χ3n) is 5.65. The molecule has 0 aliphatic carbocycles. The maximum Gasteiger partial charge on any atom is 0.191 e. The van der Waals surface area contributed by atoms with Gasteiger partial charge in [-0.3, -0.25) is 4.57 Å². The molecule has 3 heterocycles. The molecule has 0 saturated carbocycles. The van der Waals surface area contributed by atoms with E-state index in [0.29, 0.717) is 28.6 Å². The lowest BCUT2D eigenvalue weighted by Crippen LogP contribution is -2.24. The number of nitrogens with zero attached hydrogens (tertiary/aromatic N) is 6. The van der Waals surface area contributed by atoms with E-state index in [0.717, 1.165) is 12.4 Å². The van der Waals surface area contributed by atoms with Crippen LogP contribution in [-0.2, 0) is 22.0 Å². The highest BCUT2D eigenvalue weighted by Crippen LogP contribution is 2.38. The number of hydrogen-bond donors (Lipinski definition) is 0. The molecule has 0 aliphatic heterocycles. The van der Waals surface area contributed by atoms with Crippen molar-refractivity contribution in [2.75, 3.05) is 21.3 Å². The van der Waals surface area contributed by atoms with Gasteiger partial charge >= 0.3 is 0 Å². The third-order valence-corrected chi connectivity index (χ3v) is 7.70. The maximum absolute atomic E-state index is 13.4. The van der Waals surface area contributed by atoms with Crippen molar-refractivity contribution in [1.29, 1.82) is 0 Å². The van der Waals surface area contributed by atoms with Gasteiger partial charge in [0.25, 0.3) is 0 Å². The van der Waals surface area contributed by atoms with Gasteiger partial charge in [0.15, 0.2) is 27.3 Å². The van der Waals surface area contributed by atoms with Crippen LogP contribution in [0.1, 0.15) is 18.6 Å². The molecule has 4 aromatic rings. The molecular weight excluding hydrogens is 503 g/mol. The molecule has 37 heavy (non-hydrogen) atoms. The van der Waals surface area contributed by atoms with E-state index < -0.39 is 26.7 Å². The summed E-state index contributed by atoms with van der Waals surface area (Å²) in [6.45, 7) is 1.54. The molecule has 0 spiro atoms. The average molecular weight is 529 g/mol. The van der Waals surface area contributed by atoms with Gasteiger partial charge in [-0.05, 0) is 31.2 Å².